The summed E-state index contributed by atoms with van der Waals surface area (Å²) in [5.41, 5.74) is 6.55. The summed E-state index contributed by atoms with van der Waals surface area (Å²) in [7, 11) is 0. The Bertz CT molecular complexity index is 270. The van der Waals surface area contributed by atoms with Gasteiger partial charge in [-0.2, -0.15) is 0 Å². The first kappa shape index (κ1) is 8.94. The second-order valence-electron chi connectivity index (χ2n) is 2.69. The Hall–Kier alpha value is -1.15. The molecule has 0 heterocycles. The minimum absolute atomic E-state index is 0.141. The van der Waals surface area contributed by atoms with E-state index in [4.69, 9.17) is 5.73 Å². The molecule has 0 radical (unpaired) electrons. The summed E-state index contributed by atoms with van der Waals surface area (Å²) in [5.74, 6) is -0.244. The van der Waals surface area contributed by atoms with Crippen LogP contribution in [0.3, 0.4) is 0 Å². The zero-order valence-corrected chi connectivity index (χ0v) is 6.83. The quantitative estimate of drug-likeness (QED) is 0.684. The van der Waals surface area contributed by atoms with Crippen molar-refractivity contribution in [2.45, 2.75) is 12.5 Å². The lowest BCUT2D eigenvalue weighted by atomic mass is 10.1. The molecule has 2 N–H and O–H groups in total. The summed E-state index contributed by atoms with van der Waals surface area (Å²) < 4.78 is 12.7. The highest BCUT2D eigenvalue weighted by molar-refractivity contribution is 5.20. The fraction of sp³-hybridized carbons (Fsp3) is 0.200. The molecule has 2 heteroatoms. The number of rotatable bonds is 3. The van der Waals surface area contributed by atoms with Crippen molar-refractivity contribution in [2.24, 2.45) is 5.73 Å². The first-order valence-corrected chi connectivity index (χ1v) is 3.86. The minimum Gasteiger partial charge on any atom is -0.324 e. The average molecular weight is 165 g/mol. The van der Waals surface area contributed by atoms with Gasteiger partial charge in [-0.05, 0) is 24.1 Å². The minimum atomic E-state index is -0.244. The van der Waals surface area contributed by atoms with Gasteiger partial charge in [-0.1, -0.05) is 18.2 Å². The van der Waals surface area contributed by atoms with Crippen molar-refractivity contribution in [3.63, 3.8) is 0 Å². The Labute approximate surface area is 71.7 Å². The van der Waals surface area contributed by atoms with Crippen LogP contribution in [0.2, 0.25) is 0 Å². The van der Waals surface area contributed by atoms with E-state index in [1.54, 1.807) is 12.1 Å². The van der Waals surface area contributed by atoms with Crippen molar-refractivity contribution in [3.8, 4) is 0 Å². The maximum Gasteiger partial charge on any atom is 0.123 e. The molecule has 1 rings (SSSR count). The van der Waals surface area contributed by atoms with Crippen LogP contribution in [0.15, 0.2) is 36.9 Å². The Morgan fingerprint density at radius 1 is 1.58 bits per heavy atom. The van der Waals surface area contributed by atoms with Crippen LogP contribution >= 0.6 is 0 Å². The van der Waals surface area contributed by atoms with Gasteiger partial charge in [-0.15, -0.1) is 6.58 Å². The summed E-state index contributed by atoms with van der Waals surface area (Å²) in [6, 6.07) is 6.20. The third-order valence-corrected chi connectivity index (χ3v) is 1.70. The molecule has 64 valence electrons. The smallest absolute Gasteiger partial charge is 0.123 e. The van der Waals surface area contributed by atoms with Crippen LogP contribution in [0.1, 0.15) is 18.0 Å². The normalized spacial score (nSPS) is 12.5. The fourth-order valence-corrected chi connectivity index (χ4v) is 1.05. The van der Waals surface area contributed by atoms with Gasteiger partial charge in [0.15, 0.2) is 0 Å². The van der Waals surface area contributed by atoms with Crippen molar-refractivity contribution < 1.29 is 4.39 Å². The van der Waals surface area contributed by atoms with E-state index in [1.807, 2.05) is 6.07 Å². The number of benzene rings is 1. The standard InChI is InChI=1S/C10H12FN/c1-2-4-10(12)8-5-3-6-9(11)7-8/h2-3,5-7,10H,1,4,12H2/t10-/m0/s1. The molecular formula is C10H12FN. The van der Waals surface area contributed by atoms with Crippen molar-refractivity contribution in [2.75, 3.05) is 0 Å². The summed E-state index contributed by atoms with van der Waals surface area (Å²) in [6.07, 6.45) is 2.40. The van der Waals surface area contributed by atoms with E-state index in [0.29, 0.717) is 6.42 Å². The van der Waals surface area contributed by atoms with Crippen LogP contribution in [-0.4, -0.2) is 0 Å². The van der Waals surface area contributed by atoms with E-state index >= 15 is 0 Å². The molecule has 0 bridgehead atoms. The maximum atomic E-state index is 12.7. The van der Waals surface area contributed by atoms with Crippen molar-refractivity contribution in [1.29, 1.82) is 0 Å². The number of halogens is 1. The SMILES string of the molecule is C=CC[C@H](N)c1cccc(F)c1. The summed E-state index contributed by atoms with van der Waals surface area (Å²) in [5, 5.41) is 0. The number of hydrogen-bond donors (Lipinski definition) is 1. The van der Waals surface area contributed by atoms with Gasteiger partial charge in [0.2, 0.25) is 0 Å². The van der Waals surface area contributed by atoms with Crippen molar-refractivity contribution in [3.05, 3.63) is 48.3 Å². The molecule has 0 aliphatic heterocycles. The lowest BCUT2D eigenvalue weighted by Crippen LogP contribution is -2.08. The molecule has 0 amide bonds. The van der Waals surface area contributed by atoms with E-state index in [2.05, 4.69) is 6.58 Å². The summed E-state index contributed by atoms with van der Waals surface area (Å²) in [4.78, 5) is 0. The Morgan fingerprint density at radius 3 is 2.92 bits per heavy atom. The van der Waals surface area contributed by atoms with E-state index in [9.17, 15) is 4.39 Å². The molecular weight excluding hydrogens is 153 g/mol. The molecule has 1 nitrogen and oxygen atoms in total. The summed E-state index contributed by atoms with van der Waals surface area (Å²) in [6.45, 7) is 3.57. The molecule has 0 unspecified atom stereocenters. The predicted octanol–water partition coefficient (Wildman–Crippen LogP) is 2.40. The Balaban J connectivity index is 2.80. The van der Waals surface area contributed by atoms with Crippen LogP contribution in [0.4, 0.5) is 4.39 Å². The third-order valence-electron chi connectivity index (χ3n) is 1.70. The van der Waals surface area contributed by atoms with Crippen LogP contribution in [0.25, 0.3) is 0 Å². The van der Waals surface area contributed by atoms with Gasteiger partial charge < -0.3 is 5.73 Å². The highest BCUT2D eigenvalue weighted by Crippen LogP contribution is 2.14. The zero-order chi connectivity index (χ0) is 8.97. The van der Waals surface area contributed by atoms with Gasteiger partial charge in [-0.3, -0.25) is 0 Å². The topological polar surface area (TPSA) is 26.0 Å². The molecule has 12 heavy (non-hydrogen) atoms. The molecule has 1 aromatic carbocycles. The molecule has 1 aromatic rings. The van der Waals surface area contributed by atoms with Gasteiger partial charge in [0, 0.05) is 6.04 Å². The molecule has 1 atom stereocenters. The molecule has 0 aromatic heterocycles. The van der Waals surface area contributed by atoms with E-state index < -0.39 is 0 Å². The Morgan fingerprint density at radius 2 is 2.33 bits per heavy atom. The first-order valence-electron chi connectivity index (χ1n) is 3.86. The van der Waals surface area contributed by atoms with Crippen molar-refractivity contribution in [1.82, 2.24) is 0 Å². The second kappa shape index (κ2) is 4.02. The molecule has 0 aliphatic carbocycles. The zero-order valence-electron chi connectivity index (χ0n) is 6.83. The van der Waals surface area contributed by atoms with Crippen LogP contribution in [0, 0.1) is 5.82 Å². The molecule has 0 spiro atoms. The number of hydrogen-bond acceptors (Lipinski definition) is 1. The largest absolute Gasteiger partial charge is 0.324 e. The third kappa shape index (κ3) is 2.17. The number of nitrogens with two attached hydrogens (primary N) is 1. The average Bonchev–Trinajstić information content (AvgIpc) is 2.05. The van der Waals surface area contributed by atoms with Gasteiger partial charge in [0.05, 0.1) is 0 Å². The van der Waals surface area contributed by atoms with E-state index in [1.165, 1.54) is 12.1 Å². The predicted molar refractivity (Wildman–Crippen MR) is 48.1 cm³/mol. The van der Waals surface area contributed by atoms with Crippen molar-refractivity contribution >= 4 is 0 Å². The van der Waals surface area contributed by atoms with Crippen LogP contribution in [-0.2, 0) is 0 Å². The van der Waals surface area contributed by atoms with Gasteiger partial charge >= 0.3 is 0 Å². The van der Waals surface area contributed by atoms with Gasteiger partial charge in [0.25, 0.3) is 0 Å². The van der Waals surface area contributed by atoms with Crippen LogP contribution < -0.4 is 5.73 Å². The lowest BCUT2D eigenvalue weighted by Gasteiger charge is -2.08. The van der Waals surface area contributed by atoms with E-state index in [-0.39, 0.29) is 11.9 Å². The lowest BCUT2D eigenvalue weighted by molar-refractivity contribution is 0.619. The fourth-order valence-electron chi connectivity index (χ4n) is 1.05. The van der Waals surface area contributed by atoms with Crippen LogP contribution in [0.5, 0.6) is 0 Å². The first-order chi connectivity index (χ1) is 5.74. The van der Waals surface area contributed by atoms with Gasteiger partial charge in [0.1, 0.15) is 5.82 Å². The molecule has 0 saturated heterocycles. The Kier molecular flexibility index (Phi) is 3.00. The summed E-state index contributed by atoms with van der Waals surface area (Å²) >= 11 is 0. The van der Waals surface area contributed by atoms with Gasteiger partial charge in [-0.25, -0.2) is 4.39 Å². The molecule has 0 fully saturated rings. The highest BCUT2D eigenvalue weighted by Gasteiger charge is 2.03. The monoisotopic (exact) mass is 165 g/mol. The van der Waals surface area contributed by atoms with E-state index in [0.717, 1.165) is 5.56 Å². The maximum absolute atomic E-state index is 12.7. The second-order valence-corrected chi connectivity index (χ2v) is 2.69. The molecule has 0 saturated carbocycles. The molecule has 0 aliphatic rings. The highest BCUT2D eigenvalue weighted by atomic mass is 19.1.